The standard InChI is InChI=1S/C22H31N3/c1-12-13(2)17(6)21(18(7)14(12)3)10-22-23-11-24-19(8)15(4)16(5)20(9)25(22)24/h11,22H,10H2,1-9H3. The Kier molecular flexibility index (Phi) is 4.30. The van der Waals surface area contributed by atoms with Crippen molar-refractivity contribution in [3.05, 3.63) is 55.9 Å². The van der Waals surface area contributed by atoms with Crippen LogP contribution in [0.4, 0.5) is 0 Å². The van der Waals surface area contributed by atoms with Crippen molar-refractivity contribution in [3.8, 4) is 0 Å². The topological polar surface area (TPSA) is 18.8 Å². The number of aliphatic imine (C=N–C) groups is 1. The Balaban J connectivity index is 2.01. The molecule has 1 atom stereocenters. The summed E-state index contributed by atoms with van der Waals surface area (Å²) < 4.78 is 0. The molecule has 2 aliphatic heterocycles. The minimum Gasteiger partial charge on any atom is -0.259 e. The molecule has 3 nitrogen and oxygen atoms in total. The summed E-state index contributed by atoms with van der Waals surface area (Å²) in [6.45, 7) is 20.1. The maximum absolute atomic E-state index is 4.87. The van der Waals surface area contributed by atoms with E-state index in [4.69, 9.17) is 4.99 Å². The van der Waals surface area contributed by atoms with Crippen molar-refractivity contribution in [2.75, 3.05) is 0 Å². The van der Waals surface area contributed by atoms with Crippen molar-refractivity contribution in [3.63, 3.8) is 0 Å². The van der Waals surface area contributed by atoms with Gasteiger partial charge >= 0.3 is 0 Å². The van der Waals surface area contributed by atoms with Crippen LogP contribution in [-0.2, 0) is 6.42 Å². The molecule has 2 heterocycles. The zero-order valence-corrected chi connectivity index (χ0v) is 17.2. The first-order valence-corrected chi connectivity index (χ1v) is 9.19. The maximum Gasteiger partial charge on any atom is 0.146 e. The van der Waals surface area contributed by atoms with Gasteiger partial charge in [-0.15, -0.1) is 0 Å². The van der Waals surface area contributed by atoms with Crippen LogP contribution in [0.15, 0.2) is 27.5 Å². The summed E-state index contributed by atoms with van der Waals surface area (Å²) >= 11 is 0. The average Bonchev–Trinajstić information content (AvgIpc) is 3.02. The van der Waals surface area contributed by atoms with Crippen molar-refractivity contribution in [1.29, 1.82) is 0 Å². The second-order valence-electron chi connectivity index (χ2n) is 7.66. The van der Waals surface area contributed by atoms with Gasteiger partial charge in [0.25, 0.3) is 0 Å². The summed E-state index contributed by atoms with van der Waals surface area (Å²) in [4.78, 5) is 4.87. The predicted octanol–water partition coefficient (Wildman–Crippen LogP) is 5.26. The number of hydrazine groups is 1. The van der Waals surface area contributed by atoms with E-state index in [0.29, 0.717) is 0 Å². The summed E-state index contributed by atoms with van der Waals surface area (Å²) in [6.07, 6.45) is 3.08. The summed E-state index contributed by atoms with van der Waals surface area (Å²) in [5, 5.41) is 4.59. The van der Waals surface area contributed by atoms with Crippen LogP contribution >= 0.6 is 0 Å². The van der Waals surface area contributed by atoms with Crippen molar-refractivity contribution in [2.24, 2.45) is 4.99 Å². The Morgan fingerprint density at radius 2 is 1.20 bits per heavy atom. The highest BCUT2D eigenvalue weighted by Crippen LogP contribution is 2.36. The van der Waals surface area contributed by atoms with Crippen LogP contribution in [0.1, 0.15) is 61.1 Å². The Morgan fingerprint density at radius 3 is 1.76 bits per heavy atom. The molecule has 2 aliphatic rings. The van der Waals surface area contributed by atoms with Gasteiger partial charge in [-0.25, -0.2) is 10.0 Å². The third kappa shape index (κ3) is 2.52. The molecule has 3 rings (SSSR count). The van der Waals surface area contributed by atoms with Crippen LogP contribution in [0.5, 0.6) is 0 Å². The van der Waals surface area contributed by atoms with Crippen LogP contribution in [0.3, 0.4) is 0 Å². The lowest BCUT2D eigenvalue weighted by Crippen LogP contribution is -2.43. The quantitative estimate of drug-likeness (QED) is 0.733. The van der Waals surface area contributed by atoms with Gasteiger partial charge in [0.1, 0.15) is 12.5 Å². The molecule has 0 saturated heterocycles. The first-order valence-electron chi connectivity index (χ1n) is 9.19. The molecular formula is C22H31N3. The van der Waals surface area contributed by atoms with Crippen LogP contribution in [0.25, 0.3) is 0 Å². The average molecular weight is 338 g/mol. The lowest BCUT2D eigenvalue weighted by Gasteiger charge is -2.40. The van der Waals surface area contributed by atoms with Gasteiger partial charge in [0, 0.05) is 17.8 Å². The van der Waals surface area contributed by atoms with E-state index in [1.165, 1.54) is 55.9 Å². The van der Waals surface area contributed by atoms with Gasteiger partial charge in [-0.3, -0.25) is 5.01 Å². The first kappa shape index (κ1) is 17.8. The molecule has 0 saturated carbocycles. The lowest BCUT2D eigenvalue weighted by atomic mass is 9.87. The Hall–Kier alpha value is -2.03. The van der Waals surface area contributed by atoms with E-state index in [1.807, 2.05) is 6.34 Å². The summed E-state index contributed by atoms with van der Waals surface area (Å²) in [5.74, 6) is 0. The predicted molar refractivity (Wildman–Crippen MR) is 107 cm³/mol. The normalized spacial score (nSPS) is 20.1. The Labute approximate surface area is 152 Å². The molecule has 0 fully saturated rings. The summed E-state index contributed by atoms with van der Waals surface area (Å²) in [6, 6.07) is 0. The fraction of sp³-hybridized carbons (Fsp3) is 0.500. The monoisotopic (exact) mass is 337 g/mol. The molecular weight excluding hydrogens is 306 g/mol. The number of allylic oxidation sites excluding steroid dienone is 4. The largest absolute Gasteiger partial charge is 0.259 e. The van der Waals surface area contributed by atoms with Gasteiger partial charge in [0.05, 0.1) is 0 Å². The van der Waals surface area contributed by atoms with Gasteiger partial charge in [0.2, 0.25) is 0 Å². The van der Waals surface area contributed by atoms with E-state index in [0.717, 1.165) is 6.42 Å². The summed E-state index contributed by atoms with van der Waals surface area (Å²) in [5.41, 5.74) is 13.9. The number of benzene rings is 1. The molecule has 0 spiro atoms. The minimum atomic E-state index is 0.136. The molecule has 0 amide bonds. The zero-order chi connectivity index (χ0) is 18.6. The maximum atomic E-state index is 4.87. The molecule has 25 heavy (non-hydrogen) atoms. The van der Waals surface area contributed by atoms with Gasteiger partial charge in [-0.2, -0.15) is 0 Å². The van der Waals surface area contributed by atoms with Crippen molar-refractivity contribution in [2.45, 2.75) is 74.9 Å². The van der Waals surface area contributed by atoms with Crippen molar-refractivity contribution in [1.82, 2.24) is 10.0 Å². The second kappa shape index (κ2) is 6.05. The van der Waals surface area contributed by atoms with Crippen LogP contribution < -0.4 is 0 Å². The van der Waals surface area contributed by atoms with Gasteiger partial charge < -0.3 is 0 Å². The van der Waals surface area contributed by atoms with E-state index < -0.39 is 0 Å². The Bertz CT molecular complexity index is 810. The molecule has 0 radical (unpaired) electrons. The number of fused-ring (bicyclic) bond motifs is 1. The first-order chi connectivity index (χ1) is 11.7. The molecule has 0 bridgehead atoms. The van der Waals surface area contributed by atoms with E-state index in [1.54, 1.807) is 0 Å². The number of nitrogens with zero attached hydrogens (tertiary/aromatic N) is 3. The third-order valence-corrected chi connectivity index (χ3v) is 6.74. The molecule has 0 aromatic heterocycles. The highest BCUT2D eigenvalue weighted by atomic mass is 15.7. The zero-order valence-electron chi connectivity index (χ0n) is 17.2. The lowest BCUT2D eigenvalue weighted by molar-refractivity contribution is 0.0956. The van der Waals surface area contributed by atoms with Crippen molar-refractivity contribution < 1.29 is 0 Å². The Morgan fingerprint density at radius 1 is 0.720 bits per heavy atom. The number of rotatable bonds is 2. The molecule has 1 aromatic rings. The van der Waals surface area contributed by atoms with Gasteiger partial charge in [-0.05, 0) is 107 Å². The molecule has 3 heteroatoms. The highest BCUT2D eigenvalue weighted by Gasteiger charge is 2.34. The van der Waals surface area contributed by atoms with Gasteiger partial charge in [0.15, 0.2) is 0 Å². The summed E-state index contributed by atoms with van der Waals surface area (Å²) in [7, 11) is 0. The molecule has 1 aromatic carbocycles. The highest BCUT2D eigenvalue weighted by molar-refractivity contribution is 5.63. The van der Waals surface area contributed by atoms with Crippen LogP contribution in [0.2, 0.25) is 0 Å². The van der Waals surface area contributed by atoms with E-state index in [9.17, 15) is 0 Å². The van der Waals surface area contributed by atoms with Crippen molar-refractivity contribution >= 4 is 6.34 Å². The third-order valence-electron chi connectivity index (χ3n) is 6.74. The number of hydrogen-bond donors (Lipinski definition) is 0. The molecule has 134 valence electrons. The van der Waals surface area contributed by atoms with Crippen LogP contribution in [-0.4, -0.2) is 22.5 Å². The van der Waals surface area contributed by atoms with E-state index in [2.05, 4.69) is 72.3 Å². The number of hydrogen-bond acceptors (Lipinski definition) is 3. The smallest absolute Gasteiger partial charge is 0.146 e. The fourth-order valence-electron chi connectivity index (χ4n) is 4.13. The fourth-order valence-corrected chi connectivity index (χ4v) is 4.13. The molecule has 0 N–H and O–H groups in total. The van der Waals surface area contributed by atoms with Crippen LogP contribution in [0, 0.1) is 34.6 Å². The molecule has 1 unspecified atom stereocenters. The second-order valence-corrected chi connectivity index (χ2v) is 7.66. The van der Waals surface area contributed by atoms with E-state index in [-0.39, 0.29) is 6.17 Å². The molecule has 0 aliphatic carbocycles. The van der Waals surface area contributed by atoms with E-state index >= 15 is 0 Å². The van der Waals surface area contributed by atoms with Gasteiger partial charge in [-0.1, -0.05) is 0 Å². The SMILES string of the molecule is CC1=C(C)N2C=NC(Cc3c(C)c(C)c(C)c(C)c3C)N2C(C)=C1C. The minimum absolute atomic E-state index is 0.136.